The van der Waals surface area contributed by atoms with Gasteiger partial charge >= 0.3 is 6.03 Å². The molecule has 0 saturated heterocycles. The van der Waals surface area contributed by atoms with Crippen LogP contribution in [0.3, 0.4) is 0 Å². The van der Waals surface area contributed by atoms with Gasteiger partial charge in [0.05, 0.1) is 6.04 Å². The van der Waals surface area contributed by atoms with Gasteiger partial charge in [0, 0.05) is 18.0 Å². The Kier molecular flexibility index (Phi) is 6.43. The van der Waals surface area contributed by atoms with Crippen molar-refractivity contribution >= 4 is 17.4 Å². The van der Waals surface area contributed by atoms with Crippen LogP contribution in [0.1, 0.15) is 16.5 Å². The van der Waals surface area contributed by atoms with E-state index in [1.165, 1.54) is 10.4 Å². The lowest BCUT2D eigenvalue weighted by Gasteiger charge is -2.25. The van der Waals surface area contributed by atoms with E-state index in [2.05, 4.69) is 39.1 Å². The van der Waals surface area contributed by atoms with Gasteiger partial charge in [-0.2, -0.15) is 0 Å². The Morgan fingerprint density at radius 1 is 1.14 bits per heavy atom. The Bertz CT molecular complexity index is 555. The average Bonchev–Trinajstić information content (AvgIpc) is 3.01. The normalized spacial score (nSPS) is 12.1. The first-order valence-electron chi connectivity index (χ1n) is 7.42. The van der Waals surface area contributed by atoms with E-state index in [9.17, 15) is 4.79 Å². The largest absolute Gasteiger partial charge is 0.338 e. The van der Waals surface area contributed by atoms with Crippen LogP contribution in [0.5, 0.6) is 0 Å². The summed E-state index contributed by atoms with van der Waals surface area (Å²) < 4.78 is 0. The molecule has 4 nitrogen and oxygen atoms in total. The van der Waals surface area contributed by atoms with Crippen molar-refractivity contribution in [2.24, 2.45) is 0 Å². The third-order valence-electron chi connectivity index (χ3n) is 3.50. The van der Waals surface area contributed by atoms with Crippen molar-refractivity contribution in [1.29, 1.82) is 0 Å². The van der Waals surface area contributed by atoms with E-state index in [0.29, 0.717) is 13.1 Å². The molecule has 1 aromatic carbocycles. The Morgan fingerprint density at radius 2 is 1.91 bits per heavy atom. The maximum absolute atomic E-state index is 11.9. The number of rotatable bonds is 7. The van der Waals surface area contributed by atoms with E-state index in [-0.39, 0.29) is 12.1 Å². The van der Waals surface area contributed by atoms with Crippen molar-refractivity contribution in [3.63, 3.8) is 0 Å². The van der Waals surface area contributed by atoms with Gasteiger partial charge in [-0.15, -0.1) is 11.3 Å². The Labute approximate surface area is 136 Å². The Morgan fingerprint density at radius 3 is 2.55 bits per heavy atom. The van der Waals surface area contributed by atoms with E-state index in [4.69, 9.17) is 0 Å². The number of carbonyl (C=O) groups is 1. The minimum absolute atomic E-state index is 0.112. The SMILES string of the molecule is CN(C)C(CNC(=O)NCCc1cccs1)c1ccccc1. The predicted octanol–water partition coefficient (Wildman–Crippen LogP) is 2.89. The number of nitrogens with zero attached hydrogens (tertiary/aromatic N) is 1. The summed E-state index contributed by atoms with van der Waals surface area (Å²) in [6, 6.07) is 14.4. The first-order valence-corrected chi connectivity index (χ1v) is 8.30. The number of thiophene rings is 1. The summed E-state index contributed by atoms with van der Waals surface area (Å²) in [5, 5.41) is 7.91. The molecule has 0 saturated carbocycles. The number of urea groups is 1. The molecule has 5 heteroatoms. The summed E-state index contributed by atoms with van der Waals surface area (Å²) in [4.78, 5) is 15.3. The number of carbonyl (C=O) groups excluding carboxylic acids is 1. The summed E-state index contributed by atoms with van der Waals surface area (Å²) in [6.45, 7) is 1.24. The fourth-order valence-electron chi connectivity index (χ4n) is 2.28. The summed E-state index contributed by atoms with van der Waals surface area (Å²) in [5.74, 6) is 0. The monoisotopic (exact) mass is 317 g/mol. The molecule has 2 rings (SSSR count). The Balaban J connectivity index is 1.76. The molecule has 2 aromatic rings. The molecule has 0 radical (unpaired) electrons. The highest BCUT2D eigenvalue weighted by atomic mass is 32.1. The van der Waals surface area contributed by atoms with Gasteiger partial charge in [0.1, 0.15) is 0 Å². The molecule has 2 amide bonds. The molecule has 0 aliphatic carbocycles. The quantitative estimate of drug-likeness (QED) is 0.825. The second-order valence-corrected chi connectivity index (χ2v) is 6.39. The maximum atomic E-state index is 11.9. The van der Waals surface area contributed by atoms with Gasteiger partial charge < -0.3 is 15.5 Å². The molecule has 2 N–H and O–H groups in total. The maximum Gasteiger partial charge on any atom is 0.314 e. The van der Waals surface area contributed by atoms with Crippen LogP contribution in [0.25, 0.3) is 0 Å². The fraction of sp³-hybridized carbons (Fsp3) is 0.353. The van der Waals surface area contributed by atoms with Crippen molar-refractivity contribution in [2.75, 3.05) is 27.2 Å². The molecule has 1 aromatic heterocycles. The molecule has 0 aliphatic heterocycles. The minimum atomic E-state index is -0.112. The molecule has 1 heterocycles. The summed E-state index contributed by atoms with van der Waals surface area (Å²) >= 11 is 1.72. The molecular formula is C17H23N3OS. The topological polar surface area (TPSA) is 44.4 Å². The van der Waals surface area contributed by atoms with Crippen LogP contribution < -0.4 is 10.6 Å². The number of benzene rings is 1. The summed E-state index contributed by atoms with van der Waals surface area (Å²) in [7, 11) is 4.04. The number of nitrogens with one attached hydrogen (secondary N) is 2. The lowest BCUT2D eigenvalue weighted by molar-refractivity contribution is 0.233. The fourth-order valence-corrected chi connectivity index (χ4v) is 2.99. The van der Waals surface area contributed by atoms with Gasteiger partial charge in [-0.1, -0.05) is 36.4 Å². The van der Waals surface area contributed by atoms with Crippen molar-refractivity contribution in [3.8, 4) is 0 Å². The first-order chi connectivity index (χ1) is 10.7. The van der Waals surface area contributed by atoms with Crippen molar-refractivity contribution in [1.82, 2.24) is 15.5 Å². The highest BCUT2D eigenvalue weighted by Gasteiger charge is 2.14. The van der Waals surface area contributed by atoms with Crippen LogP contribution in [0, 0.1) is 0 Å². The van der Waals surface area contributed by atoms with E-state index < -0.39 is 0 Å². The van der Waals surface area contributed by atoms with Gasteiger partial charge in [0.15, 0.2) is 0 Å². The lowest BCUT2D eigenvalue weighted by atomic mass is 10.1. The molecule has 118 valence electrons. The number of hydrogen-bond acceptors (Lipinski definition) is 3. The van der Waals surface area contributed by atoms with Gasteiger partial charge in [0.25, 0.3) is 0 Å². The zero-order valence-corrected chi connectivity index (χ0v) is 13.9. The summed E-state index contributed by atoms with van der Waals surface area (Å²) in [6.07, 6.45) is 0.876. The second kappa shape index (κ2) is 8.56. The van der Waals surface area contributed by atoms with Crippen molar-refractivity contribution in [2.45, 2.75) is 12.5 Å². The van der Waals surface area contributed by atoms with Crippen LogP contribution >= 0.6 is 11.3 Å². The average molecular weight is 317 g/mol. The number of amides is 2. The molecular weight excluding hydrogens is 294 g/mol. The lowest BCUT2D eigenvalue weighted by Crippen LogP contribution is -2.41. The van der Waals surface area contributed by atoms with Crippen LogP contribution in [-0.2, 0) is 6.42 Å². The number of likely N-dealkylation sites (N-methyl/N-ethyl adjacent to an activating group) is 1. The van der Waals surface area contributed by atoms with E-state index >= 15 is 0 Å². The first kappa shape index (κ1) is 16.5. The number of hydrogen-bond donors (Lipinski definition) is 2. The molecule has 0 spiro atoms. The van der Waals surface area contributed by atoms with E-state index in [0.717, 1.165) is 6.42 Å². The van der Waals surface area contributed by atoms with Crippen LogP contribution in [0.4, 0.5) is 4.79 Å². The van der Waals surface area contributed by atoms with E-state index in [1.807, 2.05) is 38.4 Å². The van der Waals surface area contributed by atoms with Crippen molar-refractivity contribution in [3.05, 3.63) is 58.3 Å². The minimum Gasteiger partial charge on any atom is -0.338 e. The molecule has 0 fully saturated rings. The van der Waals surface area contributed by atoms with Crippen LogP contribution in [0.15, 0.2) is 47.8 Å². The standard InChI is InChI=1S/C17H23N3OS/c1-20(2)16(14-7-4-3-5-8-14)13-19-17(21)18-11-10-15-9-6-12-22-15/h3-9,12,16H,10-11,13H2,1-2H3,(H2,18,19,21). The zero-order chi connectivity index (χ0) is 15.8. The Hall–Kier alpha value is -1.85. The highest BCUT2D eigenvalue weighted by Crippen LogP contribution is 2.16. The molecule has 22 heavy (non-hydrogen) atoms. The van der Waals surface area contributed by atoms with E-state index in [1.54, 1.807) is 11.3 Å². The molecule has 1 atom stereocenters. The predicted molar refractivity (Wildman–Crippen MR) is 92.3 cm³/mol. The summed E-state index contributed by atoms with van der Waals surface area (Å²) in [5.41, 5.74) is 1.20. The van der Waals surface area contributed by atoms with Crippen LogP contribution in [0.2, 0.25) is 0 Å². The third-order valence-corrected chi connectivity index (χ3v) is 4.44. The highest BCUT2D eigenvalue weighted by molar-refractivity contribution is 7.09. The second-order valence-electron chi connectivity index (χ2n) is 5.36. The zero-order valence-electron chi connectivity index (χ0n) is 13.1. The molecule has 1 unspecified atom stereocenters. The van der Waals surface area contributed by atoms with Gasteiger partial charge in [0.2, 0.25) is 0 Å². The third kappa shape index (κ3) is 5.16. The molecule has 0 bridgehead atoms. The van der Waals surface area contributed by atoms with Gasteiger partial charge in [-0.3, -0.25) is 0 Å². The van der Waals surface area contributed by atoms with Crippen LogP contribution in [-0.4, -0.2) is 38.1 Å². The molecule has 0 aliphatic rings. The smallest absolute Gasteiger partial charge is 0.314 e. The van der Waals surface area contributed by atoms with Gasteiger partial charge in [-0.25, -0.2) is 4.79 Å². The van der Waals surface area contributed by atoms with Gasteiger partial charge in [-0.05, 0) is 37.5 Å². The van der Waals surface area contributed by atoms with Crippen molar-refractivity contribution < 1.29 is 4.79 Å².